The predicted molar refractivity (Wildman–Crippen MR) is 368 cm³/mol. The maximum atomic E-state index is 13.0. The molecule has 0 amide bonds. The smallest absolute Gasteiger partial charge is 0.462 e. The second-order valence-corrected chi connectivity index (χ2v) is 29.4. The molecule has 0 aromatic rings. The highest BCUT2D eigenvalue weighted by atomic mass is 31.2. The van der Waals surface area contributed by atoms with Crippen LogP contribution in [0.15, 0.2) is 0 Å². The molecule has 0 aliphatic carbocycles. The molecule has 91 heavy (non-hydrogen) atoms. The summed E-state index contributed by atoms with van der Waals surface area (Å²) in [6.45, 7) is 7.20. The van der Waals surface area contributed by atoms with Crippen LogP contribution < -0.4 is 0 Å². The zero-order valence-corrected chi connectivity index (χ0v) is 60.8. The molecule has 0 saturated heterocycles. The number of unbranched alkanes of at least 4 members (excludes halogenated alkanes) is 44. The van der Waals surface area contributed by atoms with Crippen LogP contribution in [0.2, 0.25) is 0 Å². The first-order chi connectivity index (χ1) is 44.0. The fraction of sp³-hybridized carbons (Fsp3) is 0.944. The van der Waals surface area contributed by atoms with E-state index in [-0.39, 0.29) is 25.7 Å². The van der Waals surface area contributed by atoms with E-state index < -0.39 is 97.5 Å². The molecule has 0 aromatic heterocycles. The SMILES string of the molecule is CCCCCCCCCCCCCCCCCCCC(=O)OC[C@H](COP(=O)(O)OC[C@@H](O)COP(=O)(O)OC[C@@H](COC(=O)CCCCCCC)OC(=O)CCCCCCCCCCCCCC)OC(=O)CCCCCCCCCCCCCCCCC(C)C. The molecule has 0 rings (SSSR count). The lowest BCUT2D eigenvalue weighted by Gasteiger charge is -2.21. The Morgan fingerprint density at radius 2 is 0.505 bits per heavy atom. The highest BCUT2D eigenvalue weighted by Gasteiger charge is 2.30. The van der Waals surface area contributed by atoms with E-state index in [4.69, 9.17) is 37.0 Å². The van der Waals surface area contributed by atoms with E-state index in [0.717, 1.165) is 102 Å². The molecule has 0 aliphatic rings. The van der Waals surface area contributed by atoms with Gasteiger partial charge in [0.2, 0.25) is 0 Å². The average Bonchev–Trinajstić information content (AvgIpc) is 3.73. The third kappa shape index (κ3) is 66.5. The van der Waals surface area contributed by atoms with Gasteiger partial charge in [-0.15, -0.1) is 0 Å². The van der Waals surface area contributed by atoms with E-state index >= 15 is 0 Å². The van der Waals surface area contributed by atoms with Gasteiger partial charge < -0.3 is 33.8 Å². The summed E-state index contributed by atoms with van der Waals surface area (Å²) in [7, 11) is -9.89. The fourth-order valence-corrected chi connectivity index (χ4v) is 12.6. The largest absolute Gasteiger partial charge is 0.472 e. The number of aliphatic hydroxyl groups excluding tert-OH is 1. The van der Waals surface area contributed by atoms with Gasteiger partial charge in [-0.25, -0.2) is 9.13 Å². The molecule has 0 aliphatic heterocycles. The molecule has 0 radical (unpaired) electrons. The number of esters is 4. The Morgan fingerprint density at radius 1 is 0.297 bits per heavy atom. The molecule has 5 atom stereocenters. The lowest BCUT2D eigenvalue weighted by Crippen LogP contribution is -2.30. The van der Waals surface area contributed by atoms with Gasteiger partial charge in [-0.05, 0) is 31.6 Å². The summed E-state index contributed by atoms with van der Waals surface area (Å²) in [5, 5.41) is 10.6. The Balaban J connectivity index is 5.15. The van der Waals surface area contributed by atoms with Gasteiger partial charge in [0.15, 0.2) is 12.2 Å². The first-order valence-electron chi connectivity index (χ1n) is 37.6. The van der Waals surface area contributed by atoms with Crippen molar-refractivity contribution in [2.45, 2.75) is 393 Å². The monoisotopic (exact) mass is 1340 g/mol. The van der Waals surface area contributed by atoms with Crippen LogP contribution in [-0.2, 0) is 65.4 Å². The van der Waals surface area contributed by atoms with Crippen LogP contribution in [-0.4, -0.2) is 96.7 Å². The van der Waals surface area contributed by atoms with E-state index in [1.807, 2.05) is 0 Å². The van der Waals surface area contributed by atoms with E-state index in [2.05, 4.69) is 34.6 Å². The van der Waals surface area contributed by atoms with Crippen LogP contribution in [0, 0.1) is 5.92 Å². The maximum absolute atomic E-state index is 13.0. The first-order valence-corrected chi connectivity index (χ1v) is 40.6. The van der Waals surface area contributed by atoms with Crippen LogP contribution in [0.1, 0.15) is 375 Å². The van der Waals surface area contributed by atoms with Gasteiger partial charge in [-0.2, -0.15) is 0 Å². The van der Waals surface area contributed by atoms with Gasteiger partial charge in [0.05, 0.1) is 26.4 Å². The third-order valence-corrected chi connectivity index (χ3v) is 18.7. The van der Waals surface area contributed by atoms with Crippen molar-refractivity contribution in [2.24, 2.45) is 5.92 Å². The standard InChI is InChI=1S/C72H140O17P2/c1-6-9-12-15-17-19-21-23-24-25-26-30-34-37-41-46-51-56-70(75)83-62-68(89-72(77)58-53-48-43-39-35-31-28-27-29-32-36-40-45-49-54-65(4)5)64-87-91(80,81)85-60-66(73)59-84-90(78,79)86-63-67(61-82-69(74)55-50-44-14-11-8-3)88-71(76)57-52-47-42-38-33-22-20-18-16-13-10-7-2/h65-68,73H,6-64H2,1-5H3,(H,78,79)(H,80,81)/t66-,67+,68+/m0/s1. The Hall–Kier alpha value is -1.94. The number of aliphatic hydroxyl groups is 1. The summed E-state index contributed by atoms with van der Waals surface area (Å²) in [6.07, 6.45) is 53.1. The molecule has 0 spiro atoms. The summed E-state index contributed by atoms with van der Waals surface area (Å²) in [4.78, 5) is 72.4. The minimum Gasteiger partial charge on any atom is -0.462 e. The third-order valence-electron chi connectivity index (χ3n) is 16.8. The lowest BCUT2D eigenvalue weighted by atomic mass is 10.0. The molecule has 17 nitrogen and oxygen atoms in total. The van der Waals surface area contributed by atoms with Crippen LogP contribution in [0.3, 0.4) is 0 Å². The quantitative estimate of drug-likeness (QED) is 0.0222. The van der Waals surface area contributed by atoms with Crippen molar-refractivity contribution in [3.05, 3.63) is 0 Å². The molecule has 540 valence electrons. The van der Waals surface area contributed by atoms with Gasteiger partial charge in [-0.1, -0.05) is 324 Å². The number of hydrogen-bond donors (Lipinski definition) is 3. The molecule has 0 heterocycles. The van der Waals surface area contributed by atoms with Gasteiger partial charge in [-0.3, -0.25) is 37.3 Å². The molecule has 0 saturated carbocycles. The highest BCUT2D eigenvalue weighted by Crippen LogP contribution is 2.45. The molecule has 0 aromatic carbocycles. The van der Waals surface area contributed by atoms with Crippen LogP contribution >= 0.6 is 15.6 Å². The lowest BCUT2D eigenvalue weighted by molar-refractivity contribution is -0.161. The molecular formula is C72H140O17P2. The summed E-state index contributed by atoms with van der Waals surface area (Å²) >= 11 is 0. The van der Waals surface area contributed by atoms with Crippen LogP contribution in [0.5, 0.6) is 0 Å². The Kier molecular flexibility index (Phi) is 64.0. The zero-order chi connectivity index (χ0) is 67.0. The average molecular weight is 1340 g/mol. The molecule has 2 unspecified atom stereocenters. The Morgan fingerprint density at radius 3 is 0.747 bits per heavy atom. The summed E-state index contributed by atoms with van der Waals surface area (Å²) < 4.78 is 68.2. The van der Waals surface area contributed by atoms with E-state index in [9.17, 15) is 43.2 Å². The van der Waals surface area contributed by atoms with Crippen molar-refractivity contribution in [3.8, 4) is 0 Å². The molecule has 0 bridgehead atoms. The maximum Gasteiger partial charge on any atom is 0.472 e. The highest BCUT2D eigenvalue weighted by molar-refractivity contribution is 7.47. The molecule has 19 heteroatoms. The summed E-state index contributed by atoms with van der Waals surface area (Å²) in [5.74, 6) is -1.33. The first kappa shape index (κ1) is 89.1. The van der Waals surface area contributed by atoms with Gasteiger partial charge in [0, 0.05) is 25.7 Å². The number of phosphoric acid groups is 2. The van der Waals surface area contributed by atoms with Crippen molar-refractivity contribution in [2.75, 3.05) is 39.6 Å². The van der Waals surface area contributed by atoms with Gasteiger partial charge in [0.25, 0.3) is 0 Å². The summed E-state index contributed by atoms with van der Waals surface area (Å²) in [5.41, 5.74) is 0. The minimum atomic E-state index is -4.95. The molecule has 3 N–H and O–H groups in total. The number of hydrogen-bond acceptors (Lipinski definition) is 15. The second-order valence-electron chi connectivity index (χ2n) is 26.5. The van der Waals surface area contributed by atoms with E-state index in [0.29, 0.717) is 25.7 Å². The zero-order valence-electron chi connectivity index (χ0n) is 59.0. The molecular weight excluding hydrogens is 1200 g/mol. The normalized spacial score (nSPS) is 14.0. The van der Waals surface area contributed by atoms with E-state index in [1.165, 1.54) is 193 Å². The number of carbonyl (C=O) groups excluding carboxylic acids is 4. The minimum absolute atomic E-state index is 0.107. The fourth-order valence-electron chi connectivity index (χ4n) is 11.0. The van der Waals surface area contributed by atoms with Crippen molar-refractivity contribution < 1.29 is 80.2 Å². The van der Waals surface area contributed by atoms with Crippen molar-refractivity contribution in [1.82, 2.24) is 0 Å². The van der Waals surface area contributed by atoms with Crippen molar-refractivity contribution >= 4 is 39.5 Å². The second kappa shape index (κ2) is 65.4. The summed E-state index contributed by atoms with van der Waals surface area (Å²) in [6, 6.07) is 0. The predicted octanol–water partition coefficient (Wildman–Crippen LogP) is 20.9. The van der Waals surface area contributed by atoms with Crippen LogP contribution in [0.25, 0.3) is 0 Å². The Bertz CT molecular complexity index is 1750. The number of rotatable bonds is 72. The number of carbonyl (C=O) groups is 4. The van der Waals surface area contributed by atoms with Gasteiger partial charge in [0.1, 0.15) is 19.3 Å². The molecule has 0 fully saturated rings. The Labute approximate surface area is 556 Å². The van der Waals surface area contributed by atoms with E-state index in [1.54, 1.807) is 0 Å². The number of ether oxygens (including phenoxy) is 4. The van der Waals surface area contributed by atoms with Crippen LogP contribution in [0.4, 0.5) is 0 Å². The van der Waals surface area contributed by atoms with Crippen molar-refractivity contribution in [3.63, 3.8) is 0 Å². The topological polar surface area (TPSA) is 237 Å². The van der Waals surface area contributed by atoms with Gasteiger partial charge >= 0.3 is 39.5 Å². The van der Waals surface area contributed by atoms with Crippen molar-refractivity contribution in [1.29, 1.82) is 0 Å². The number of phosphoric ester groups is 2.